The van der Waals surface area contributed by atoms with Crippen LogP contribution in [0, 0.1) is 5.92 Å². The first-order chi connectivity index (χ1) is 17.4. The molecule has 3 amide bonds. The molecular formula is C28H35Cl2N5O2. The molecule has 0 aliphatic rings. The largest absolute Gasteiger partial charge is 0.322 e. The topological polar surface area (TPSA) is 79.3 Å². The van der Waals surface area contributed by atoms with Crippen molar-refractivity contribution in [3.63, 3.8) is 0 Å². The van der Waals surface area contributed by atoms with Crippen LogP contribution in [0.25, 0.3) is 5.69 Å². The highest BCUT2D eigenvalue weighted by Crippen LogP contribution is 2.29. The summed E-state index contributed by atoms with van der Waals surface area (Å²) < 4.78 is 1.63. The Morgan fingerprint density at radius 1 is 1.03 bits per heavy atom. The van der Waals surface area contributed by atoms with Gasteiger partial charge >= 0.3 is 6.03 Å². The van der Waals surface area contributed by atoms with Crippen molar-refractivity contribution in [1.82, 2.24) is 14.7 Å². The van der Waals surface area contributed by atoms with Gasteiger partial charge in [-0.1, -0.05) is 82.9 Å². The van der Waals surface area contributed by atoms with E-state index in [0.29, 0.717) is 28.1 Å². The van der Waals surface area contributed by atoms with Gasteiger partial charge in [0, 0.05) is 23.7 Å². The lowest BCUT2D eigenvalue weighted by atomic mass is 9.92. The molecule has 0 spiro atoms. The van der Waals surface area contributed by atoms with Gasteiger partial charge in [0.1, 0.15) is 12.4 Å². The van der Waals surface area contributed by atoms with Gasteiger partial charge in [-0.15, -0.1) is 0 Å². The van der Waals surface area contributed by atoms with Crippen LogP contribution in [0.15, 0.2) is 48.5 Å². The molecule has 0 atom stereocenters. The number of halogens is 2. The molecular weight excluding hydrogens is 509 g/mol. The standard InChI is InChI=1S/C28H35Cl2N5O2/c1-7-19-10-8-9-11-23(19)31-27(37)34(16-18(2)3)17-26(36)32-25-15-24(28(4,5)6)33-35(25)20-12-13-21(29)22(30)14-20/h8-15,18H,7,16-17H2,1-6H3,(H,31,37)(H,32,36). The Morgan fingerprint density at radius 2 is 1.73 bits per heavy atom. The summed E-state index contributed by atoms with van der Waals surface area (Å²) in [5.74, 6) is 0.324. The van der Waals surface area contributed by atoms with Gasteiger partial charge in [0.05, 0.1) is 21.4 Å². The fourth-order valence-corrected chi connectivity index (χ4v) is 4.10. The van der Waals surface area contributed by atoms with Crippen LogP contribution in [0.3, 0.4) is 0 Å². The van der Waals surface area contributed by atoms with Crippen molar-refractivity contribution in [3.8, 4) is 5.69 Å². The van der Waals surface area contributed by atoms with E-state index in [2.05, 4.69) is 10.6 Å². The number of anilines is 2. The quantitative estimate of drug-likeness (QED) is 0.316. The minimum atomic E-state index is -0.332. The van der Waals surface area contributed by atoms with E-state index in [1.165, 1.54) is 4.90 Å². The number of nitrogens with one attached hydrogen (secondary N) is 2. The smallest absolute Gasteiger partial charge is 0.315 e. The van der Waals surface area contributed by atoms with E-state index < -0.39 is 0 Å². The molecule has 37 heavy (non-hydrogen) atoms. The Labute approximate surface area is 229 Å². The Balaban J connectivity index is 1.85. The van der Waals surface area contributed by atoms with Crippen molar-refractivity contribution in [1.29, 1.82) is 0 Å². The lowest BCUT2D eigenvalue weighted by Gasteiger charge is -2.25. The second-order valence-electron chi connectivity index (χ2n) is 10.4. The van der Waals surface area contributed by atoms with Gasteiger partial charge in [-0.3, -0.25) is 4.79 Å². The summed E-state index contributed by atoms with van der Waals surface area (Å²) >= 11 is 12.3. The molecule has 0 unspecified atom stereocenters. The minimum absolute atomic E-state index is 0.115. The van der Waals surface area contributed by atoms with Gasteiger partial charge in [-0.2, -0.15) is 5.10 Å². The molecule has 1 heterocycles. The van der Waals surface area contributed by atoms with E-state index in [9.17, 15) is 9.59 Å². The number of hydrogen-bond donors (Lipinski definition) is 2. The number of benzene rings is 2. The van der Waals surface area contributed by atoms with Crippen molar-refractivity contribution < 1.29 is 9.59 Å². The molecule has 3 rings (SSSR count). The maximum absolute atomic E-state index is 13.2. The molecule has 0 saturated heterocycles. The number of urea groups is 1. The summed E-state index contributed by atoms with van der Waals surface area (Å²) in [4.78, 5) is 27.9. The van der Waals surface area contributed by atoms with Crippen molar-refractivity contribution in [2.45, 2.75) is 53.4 Å². The maximum atomic E-state index is 13.2. The van der Waals surface area contributed by atoms with Gasteiger partial charge < -0.3 is 15.5 Å². The molecule has 0 bridgehead atoms. The number of nitrogens with zero attached hydrogens (tertiary/aromatic N) is 3. The number of rotatable bonds is 8. The summed E-state index contributed by atoms with van der Waals surface area (Å²) in [5.41, 5.74) is 2.98. The third-order valence-corrected chi connectivity index (χ3v) is 6.48. The number of carbonyl (C=O) groups excluding carboxylic acids is 2. The summed E-state index contributed by atoms with van der Waals surface area (Å²) in [6, 6.07) is 14.4. The van der Waals surface area contributed by atoms with E-state index in [0.717, 1.165) is 23.4 Å². The monoisotopic (exact) mass is 543 g/mol. The molecule has 7 nitrogen and oxygen atoms in total. The first-order valence-corrected chi connectivity index (χ1v) is 13.1. The highest BCUT2D eigenvalue weighted by molar-refractivity contribution is 6.42. The highest BCUT2D eigenvalue weighted by atomic mass is 35.5. The fraction of sp³-hybridized carbons (Fsp3) is 0.393. The van der Waals surface area contributed by atoms with Crippen LogP contribution in [-0.4, -0.2) is 39.7 Å². The molecule has 9 heteroatoms. The molecule has 0 fully saturated rings. The maximum Gasteiger partial charge on any atom is 0.322 e. The molecule has 0 aliphatic carbocycles. The molecule has 0 aliphatic heterocycles. The van der Waals surface area contributed by atoms with Crippen molar-refractivity contribution >= 4 is 46.6 Å². The normalized spacial score (nSPS) is 11.5. The molecule has 0 radical (unpaired) electrons. The fourth-order valence-electron chi connectivity index (χ4n) is 3.81. The molecule has 1 aromatic heterocycles. The van der Waals surface area contributed by atoms with Crippen molar-refractivity contribution in [2.75, 3.05) is 23.7 Å². The number of carbonyl (C=O) groups is 2. The third kappa shape index (κ3) is 7.49. The average Bonchev–Trinajstić information content (AvgIpc) is 3.24. The predicted octanol–water partition coefficient (Wildman–Crippen LogP) is 7.17. The summed E-state index contributed by atoms with van der Waals surface area (Å²) in [5, 5.41) is 11.5. The summed E-state index contributed by atoms with van der Waals surface area (Å²) in [7, 11) is 0. The number of aryl methyl sites for hydroxylation is 1. The zero-order chi connectivity index (χ0) is 27.3. The first kappa shape index (κ1) is 28.5. The highest BCUT2D eigenvalue weighted by Gasteiger charge is 2.24. The molecule has 2 N–H and O–H groups in total. The van der Waals surface area contributed by atoms with Gasteiger partial charge in [-0.25, -0.2) is 9.48 Å². The number of hydrogen-bond acceptors (Lipinski definition) is 3. The van der Waals surface area contributed by atoms with E-state index in [4.69, 9.17) is 28.3 Å². The lowest BCUT2D eigenvalue weighted by Crippen LogP contribution is -2.42. The van der Waals surface area contributed by atoms with Crippen LogP contribution in [0.5, 0.6) is 0 Å². The van der Waals surface area contributed by atoms with Gasteiger partial charge in [0.2, 0.25) is 5.91 Å². The SMILES string of the molecule is CCc1ccccc1NC(=O)N(CC(=O)Nc1cc(C(C)(C)C)nn1-c1ccc(Cl)c(Cl)c1)CC(C)C. The summed E-state index contributed by atoms with van der Waals surface area (Å²) in [6.45, 7) is 12.5. The molecule has 2 aromatic carbocycles. The molecule has 0 saturated carbocycles. The predicted molar refractivity (Wildman–Crippen MR) is 152 cm³/mol. The zero-order valence-electron chi connectivity index (χ0n) is 22.2. The second kappa shape index (κ2) is 12.0. The van der Waals surface area contributed by atoms with E-state index in [1.807, 2.05) is 71.9 Å². The number of aromatic nitrogens is 2. The Morgan fingerprint density at radius 3 is 2.35 bits per heavy atom. The van der Waals surface area contributed by atoms with Crippen molar-refractivity contribution in [2.24, 2.45) is 5.92 Å². The van der Waals surface area contributed by atoms with Crippen LogP contribution in [0.1, 0.15) is 52.8 Å². The minimum Gasteiger partial charge on any atom is -0.315 e. The second-order valence-corrected chi connectivity index (χ2v) is 11.3. The van der Waals surface area contributed by atoms with Crippen LogP contribution in [-0.2, 0) is 16.6 Å². The molecule has 198 valence electrons. The number of amides is 3. The van der Waals surface area contributed by atoms with Crippen LogP contribution >= 0.6 is 23.2 Å². The van der Waals surface area contributed by atoms with Gasteiger partial charge in [0.15, 0.2) is 0 Å². The van der Waals surface area contributed by atoms with Crippen LogP contribution in [0.4, 0.5) is 16.3 Å². The van der Waals surface area contributed by atoms with Gasteiger partial charge in [0.25, 0.3) is 0 Å². The first-order valence-electron chi connectivity index (χ1n) is 12.4. The van der Waals surface area contributed by atoms with Crippen LogP contribution < -0.4 is 10.6 Å². The van der Waals surface area contributed by atoms with Gasteiger partial charge in [-0.05, 0) is 42.2 Å². The lowest BCUT2D eigenvalue weighted by molar-refractivity contribution is -0.116. The third-order valence-electron chi connectivity index (χ3n) is 5.74. The Hall–Kier alpha value is -3.03. The van der Waals surface area contributed by atoms with Crippen molar-refractivity contribution in [3.05, 3.63) is 69.8 Å². The summed E-state index contributed by atoms with van der Waals surface area (Å²) in [6.07, 6.45) is 0.788. The van der Waals surface area contributed by atoms with E-state index >= 15 is 0 Å². The Kier molecular flexibility index (Phi) is 9.26. The molecule has 3 aromatic rings. The van der Waals surface area contributed by atoms with E-state index in [-0.39, 0.29) is 29.8 Å². The van der Waals surface area contributed by atoms with E-state index in [1.54, 1.807) is 22.9 Å². The van der Waals surface area contributed by atoms with Crippen LogP contribution in [0.2, 0.25) is 10.0 Å². The average molecular weight is 545 g/mol. The zero-order valence-corrected chi connectivity index (χ0v) is 23.7. The Bertz CT molecular complexity index is 1260. The number of para-hydroxylation sites is 1.